The maximum Gasteiger partial charge on any atom is 0.257 e. The summed E-state index contributed by atoms with van der Waals surface area (Å²) >= 11 is 6.66. The van der Waals surface area contributed by atoms with Crippen LogP contribution in [0.1, 0.15) is 21.7 Å². The Morgan fingerprint density at radius 1 is 1.17 bits per heavy atom. The molecule has 0 bridgehead atoms. The minimum atomic E-state index is -0.483. The molecule has 29 heavy (non-hydrogen) atoms. The van der Waals surface area contributed by atoms with Crippen LogP contribution in [0.15, 0.2) is 42.5 Å². The van der Waals surface area contributed by atoms with E-state index in [0.717, 1.165) is 38.7 Å². The van der Waals surface area contributed by atoms with Crippen LogP contribution in [-0.4, -0.2) is 30.8 Å². The van der Waals surface area contributed by atoms with Crippen LogP contribution < -0.4 is 10.6 Å². The summed E-state index contributed by atoms with van der Waals surface area (Å²) in [6.45, 7) is 3.77. The topological polar surface area (TPSA) is 84.2 Å². The largest absolute Gasteiger partial charge is 0.332 e. The number of hydrogen-bond acceptors (Lipinski definition) is 6. The second-order valence-electron chi connectivity index (χ2n) is 6.30. The van der Waals surface area contributed by atoms with Crippen molar-refractivity contribution in [2.24, 2.45) is 0 Å². The predicted molar refractivity (Wildman–Crippen MR) is 114 cm³/mol. The van der Waals surface area contributed by atoms with Crippen LogP contribution in [0.25, 0.3) is 15.5 Å². The Morgan fingerprint density at radius 2 is 2.00 bits per heavy atom. The van der Waals surface area contributed by atoms with E-state index < -0.39 is 11.7 Å². The zero-order valence-electron chi connectivity index (χ0n) is 15.4. The molecule has 0 atom stereocenters. The number of amides is 1. The van der Waals surface area contributed by atoms with E-state index in [0.29, 0.717) is 0 Å². The number of thiocarbonyl (C=S) groups is 1. The molecule has 0 aliphatic rings. The van der Waals surface area contributed by atoms with E-state index in [1.807, 2.05) is 32.0 Å². The van der Waals surface area contributed by atoms with Gasteiger partial charge in [-0.05, 0) is 68.0 Å². The summed E-state index contributed by atoms with van der Waals surface area (Å²) in [5, 5.41) is 19.1. The van der Waals surface area contributed by atoms with Crippen molar-refractivity contribution in [1.29, 1.82) is 0 Å². The smallest absolute Gasteiger partial charge is 0.257 e. The predicted octanol–water partition coefficient (Wildman–Crippen LogP) is 3.74. The lowest BCUT2D eigenvalue weighted by molar-refractivity contribution is 0.0977. The molecule has 0 aliphatic heterocycles. The maximum absolute atomic E-state index is 13.3. The summed E-state index contributed by atoms with van der Waals surface area (Å²) in [5.74, 6) is -0.230. The standard InChI is InChI=1S/C19H15FN6OS2/c1-10-8-13(17-25-26-11(2)23-24-19(26)29-17)6-7-15(10)21-18(28)22-16(27)12-4-3-5-14(20)9-12/h3-9H,1-2H3,(H2,21,22,27,28). The molecule has 10 heteroatoms. The number of fused-ring (bicyclic) bond motifs is 1. The molecule has 2 aromatic carbocycles. The van der Waals surface area contributed by atoms with Gasteiger partial charge in [0.05, 0.1) is 0 Å². The molecular formula is C19H15FN6OS2. The number of nitrogens with one attached hydrogen (secondary N) is 2. The SMILES string of the molecule is Cc1cc(-c2nn3c(C)nnc3s2)ccc1NC(=S)NC(=O)c1cccc(F)c1. The zero-order chi connectivity index (χ0) is 20.5. The number of nitrogens with zero attached hydrogens (tertiary/aromatic N) is 4. The summed E-state index contributed by atoms with van der Waals surface area (Å²) < 4.78 is 15.0. The van der Waals surface area contributed by atoms with Crippen molar-refractivity contribution in [1.82, 2.24) is 25.1 Å². The molecule has 0 fully saturated rings. The number of carbonyl (C=O) groups is 1. The van der Waals surface area contributed by atoms with Crippen LogP contribution >= 0.6 is 23.6 Å². The molecular weight excluding hydrogens is 411 g/mol. The first kappa shape index (κ1) is 19.1. The number of aryl methyl sites for hydroxylation is 2. The Morgan fingerprint density at radius 3 is 2.72 bits per heavy atom. The molecule has 146 valence electrons. The summed E-state index contributed by atoms with van der Waals surface area (Å²) in [4.78, 5) is 12.9. The number of carbonyl (C=O) groups excluding carboxylic acids is 1. The van der Waals surface area contributed by atoms with Crippen molar-refractivity contribution in [2.75, 3.05) is 5.32 Å². The summed E-state index contributed by atoms with van der Waals surface area (Å²) in [6.07, 6.45) is 0. The van der Waals surface area contributed by atoms with Gasteiger partial charge in [0.15, 0.2) is 10.9 Å². The number of aromatic nitrogens is 4. The first-order valence-corrected chi connectivity index (χ1v) is 9.81. The van der Waals surface area contributed by atoms with Gasteiger partial charge in [-0.2, -0.15) is 9.61 Å². The highest BCUT2D eigenvalue weighted by atomic mass is 32.1. The van der Waals surface area contributed by atoms with E-state index in [1.54, 1.807) is 4.52 Å². The minimum Gasteiger partial charge on any atom is -0.332 e. The van der Waals surface area contributed by atoms with E-state index in [2.05, 4.69) is 25.9 Å². The highest BCUT2D eigenvalue weighted by Gasteiger charge is 2.13. The number of rotatable bonds is 3. The molecule has 0 aliphatic carbocycles. The molecule has 0 saturated heterocycles. The fourth-order valence-corrected chi connectivity index (χ4v) is 3.81. The fourth-order valence-electron chi connectivity index (χ4n) is 2.73. The molecule has 4 rings (SSSR count). The average Bonchev–Trinajstić information content (AvgIpc) is 3.25. The van der Waals surface area contributed by atoms with E-state index in [4.69, 9.17) is 12.2 Å². The van der Waals surface area contributed by atoms with Gasteiger partial charge in [0.25, 0.3) is 5.91 Å². The second-order valence-corrected chi connectivity index (χ2v) is 7.66. The van der Waals surface area contributed by atoms with E-state index in [9.17, 15) is 9.18 Å². The number of halogens is 1. The van der Waals surface area contributed by atoms with E-state index in [1.165, 1.54) is 29.5 Å². The fraction of sp³-hybridized carbons (Fsp3) is 0.105. The molecule has 0 spiro atoms. The quantitative estimate of drug-likeness (QED) is 0.486. The lowest BCUT2D eigenvalue weighted by atomic mass is 10.1. The van der Waals surface area contributed by atoms with Crippen molar-refractivity contribution >= 4 is 45.2 Å². The number of hydrogen-bond donors (Lipinski definition) is 2. The van der Waals surface area contributed by atoms with E-state index >= 15 is 0 Å². The molecule has 2 heterocycles. The van der Waals surface area contributed by atoms with Crippen LogP contribution in [0.4, 0.5) is 10.1 Å². The van der Waals surface area contributed by atoms with Gasteiger partial charge in [-0.15, -0.1) is 10.2 Å². The van der Waals surface area contributed by atoms with Gasteiger partial charge in [-0.25, -0.2) is 4.39 Å². The van der Waals surface area contributed by atoms with Gasteiger partial charge in [-0.3, -0.25) is 10.1 Å². The van der Waals surface area contributed by atoms with Crippen molar-refractivity contribution in [3.63, 3.8) is 0 Å². The average molecular weight is 427 g/mol. The molecule has 1 amide bonds. The lowest BCUT2D eigenvalue weighted by Gasteiger charge is -2.12. The number of anilines is 1. The Labute approximate surface area is 174 Å². The Bertz CT molecular complexity index is 1250. The van der Waals surface area contributed by atoms with Gasteiger partial charge in [0.2, 0.25) is 4.96 Å². The first-order chi connectivity index (χ1) is 13.9. The van der Waals surface area contributed by atoms with Gasteiger partial charge in [-0.1, -0.05) is 17.4 Å². The summed E-state index contributed by atoms with van der Waals surface area (Å²) in [7, 11) is 0. The normalized spacial score (nSPS) is 10.9. The molecule has 0 saturated carbocycles. The summed E-state index contributed by atoms with van der Waals surface area (Å²) in [5.41, 5.74) is 2.81. The molecule has 0 unspecified atom stereocenters. The number of benzene rings is 2. The molecule has 7 nitrogen and oxygen atoms in total. The van der Waals surface area contributed by atoms with Crippen molar-refractivity contribution in [2.45, 2.75) is 13.8 Å². The van der Waals surface area contributed by atoms with Crippen molar-refractivity contribution in [3.05, 3.63) is 65.2 Å². The zero-order valence-corrected chi connectivity index (χ0v) is 17.1. The van der Waals surface area contributed by atoms with Gasteiger partial charge < -0.3 is 5.32 Å². The van der Waals surface area contributed by atoms with Gasteiger partial charge in [0.1, 0.15) is 10.8 Å². The van der Waals surface area contributed by atoms with Crippen LogP contribution in [-0.2, 0) is 0 Å². The third-order valence-corrected chi connectivity index (χ3v) is 5.33. The monoisotopic (exact) mass is 426 g/mol. The molecule has 4 aromatic rings. The Balaban J connectivity index is 1.47. The first-order valence-electron chi connectivity index (χ1n) is 8.58. The van der Waals surface area contributed by atoms with Gasteiger partial charge in [0, 0.05) is 16.8 Å². The third-order valence-electron chi connectivity index (χ3n) is 4.18. The van der Waals surface area contributed by atoms with Crippen molar-refractivity contribution in [3.8, 4) is 10.6 Å². The third kappa shape index (κ3) is 3.98. The minimum absolute atomic E-state index is 0.129. The Hall–Kier alpha value is -3.24. The Kier molecular flexibility index (Phi) is 5.03. The van der Waals surface area contributed by atoms with E-state index in [-0.39, 0.29) is 10.7 Å². The van der Waals surface area contributed by atoms with Crippen LogP contribution in [0.3, 0.4) is 0 Å². The van der Waals surface area contributed by atoms with Gasteiger partial charge >= 0.3 is 0 Å². The summed E-state index contributed by atoms with van der Waals surface area (Å²) in [6, 6.07) is 11.2. The lowest BCUT2D eigenvalue weighted by Crippen LogP contribution is -2.34. The second kappa shape index (κ2) is 7.64. The highest BCUT2D eigenvalue weighted by molar-refractivity contribution is 7.80. The van der Waals surface area contributed by atoms with Crippen LogP contribution in [0.2, 0.25) is 0 Å². The van der Waals surface area contributed by atoms with Crippen LogP contribution in [0, 0.1) is 19.7 Å². The maximum atomic E-state index is 13.3. The molecule has 2 aromatic heterocycles. The molecule has 0 radical (unpaired) electrons. The van der Waals surface area contributed by atoms with Crippen LogP contribution in [0.5, 0.6) is 0 Å². The highest BCUT2D eigenvalue weighted by Crippen LogP contribution is 2.28. The van der Waals surface area contributed by atoms with Crippen molar-refractivity contribution < 1.29 is 9.18 Å². The molecule has 2 N–H and O–H groups in total.